The molecular formula is C25H24N8O3. The second kappa shape index (κ2) is 9.59. The molecule has 5 heterocycles. The molecular weight excluding hydrogens is 460 g/mol. The number of hydrogen-bond donors (Lipinski definition) is 1. The van der Waals surface area contributed by atoms with Crippen LogP contribution in [0, 0.1) is 18.3 Å². The van der Waals surface area contributed by atoms with E-state index in [0.717, 1.165) is 5.56 Å². The van der Waals surface area contributed by atoms with Crippen molar-refractivity contribution in [2.75, 3.05) is 25.1 Å². The molecule has 4 aromatic rings. The molecule has 4 aromatic heterocycles. The van der Waals surface area contributed by atoms with Gasteiger partial charge in [0.1, 0.15) is 23.1 Å². The van der Waals surface area contributed by atoms with Gasteiger partial charge in [0.15, 0.2) is 11.4 Å². The van der Waals surface area contributed by atoms with Crippen molar-refractivity contribution in [3.63, 3.8) is 0 Å². The highest BCUT2D eigenvalue weighted by atomic mass is 16.5. The largest absolute Gasteiger partial charge is 0.437 e. The van der Waals surface area contributed by atoms with Crippen molar-refractivity contribution >= 4 is 28.6 Å². The fraction of sp³-hybridized carbons (Fsp3) is 0.280. The van der Waals surface area contributed by atoms with Gasteiger partial charge >= 0.3 is 0 Å². The van der Waals surface area contributed by atoms with Gasteiger partial charge in [-0.25, -0.2) is 15.0 Å². The topological polar surface area (TPSA) is 131 Å². The number of carbonyl (C=O) groups excluding carboxylic acids is 1. The van der Waals surface area contributed by atoms with E-state index < -0.39 is 0 Å². The van der Waals surface area contributed by atoms with Gasteiger partial charge in [-0.1, -0.05) is 0 Å². The third-order valence-corrected chi connectivity index (χ3v) is 5.94. The maximum absolute atomic E-state index is 12.9. The van der Waals surface area contributed by atoms with Crippen LogP contribution >= 0.6 is 0 Å². The quantitative estimate of drug-likeness (QED) is 0.453. The molecule has 1 atom stereocenters. The lowest BCUT2D eigenvalue weighted by atomic mass is 10.2. The van der Waals surface area contributed by atoms with Crippen LogP contribution < -0.4 is 10.1 Å². The average Bonchev–Trinajstić information content (AvgIpc) is 3.26. The van der Waals surface area contributed by atoms with Crippen LogP contribution in [0.5, 0.6) is 11.6 Å². The number of amides is 1. The first-order valence-electron chi connectivity index (χ1n) is 11.4. The summed E-state index contributed by atoms with van der Waals surface area (Å²) in [5.41, 5.74) is 3.49. The van der Waals surface area contributed by atoms with Gasteiger partial charge in [0.05, 0.1) is 43.0 Å². The number of fused-ring (bicyclic) bond motifs is 1. The summed E-state index contributed by atoms with van der Waals surface area (Å²) in [4.78, 5) is 32.3. The van der Waals surface area contributed by atoms with Crippen molar-refractivity contribution < 1.29 is 14.3 Å². The second-order valence-corrected chi connectivity index (χ2v) is 8.56. The minimum Gasteiger partial charge on any atom is -0.437 e. The zero-order chi connectivity index (χ0) is 25.2. The van der Waals surface area contributed by atoms with E-state index in [4.69, 9.17) is 14.7 Å². The van der Waals surface area contributed by atoms with Gasteiger partial charge in [0, 0.05) is 25.9 Å². The van der Waals surface area contributed by atoms with Gasteiger partial charge in [-0.05, 0) is 37.6 Å². The minimum absolute atomic E-state index is 0.0201. The predicted molar refractivity (Wildman–Crippen MR) is 131 cm³/mol. The first kappa shape index (κ1) is 23.2. The molecule has 1 fully saturated rings. The fourth-order valence-corrected chi connectivity index (χ4v) is 3.97. The highest BCUT2D eigenvalue weighted by Gasteiger charge is 2.25. The molecule has 0 radical (unpaired) electrons. The molecule has 36 heavy (non-hydrogen) atoms. The Hall–Kier alpha value is -4.56. The summed E-state index contributed by atoms with van der Waals surface area (Å²) in [5.74, 6) is 1.30. The van der Waals surface area contributed by atoms with E-state index >= 15 is 0 Å². The third-order valence-electron chi connectivity index (χ3n) is 5.94. The molecule has 11 heteroatoms. The number of imidazole rings is 1. The van der Waals surface area contributed by atoms with E-state index in [9.17, 15) is 4.79 Å². The summed E-state index contributed by atoms with van der Waals surface area (Å²) < 4.78 is 13.2. The number of ether oxygens (including phenoxy) is 2. The number of nitrogens with one attached hydrogen (secondary N) is 1. The summed E-state index contributed by atoms with van der Waals surface area (Å²) in [6.45, 7) is 5.43. The summed E-state index contributed by atoms with van der Waals surface area (Å²) >= 11 is 0. The Kier molecular flexibility index (Phi) is 6.18. The van der Waals surface area contributed by atoms with Gasteiger partial charge in [0.25, 0.3) is 5.91 Å². The van der Waals surface area contributed by atoms with Crippen molar-refractivity contribution in [1.29, 1.82) is 5.26 Å². The van der Waals surface area contributed by atoms with E-state index in [1.165, 1.54) is 6.20 Å². The first-order chi connectivity index (χ1) is 17.4. The van der Waals surface area contributed by atoms with Gasteiger partial charge in [-0.15, -0.1) is 0 Å². The molecule has 1 amide bonds. The molecule has 5 rings (SSSR count). The van der Waals surface area contributed by atoms with Crippen molar-refractivity contribution in [2.24, 2.45) is 7.05 Å². The highest BCUT2D eigenvalue weighted by molar-refractivity contribution is 5.94. The molecule has 1 unspecified atom stereocenters. The van der Waals surface area contributed by atoms with Gasteiger partial charge in [0.2, 0.25) is 5.88 Å². The maximum atomic E-state index is 12.9. The van der Waals surface area contributed by atoms with Crippen LogP contribution in [0.25, 0.3) is 11.2 Å². The van der Waals surface area contributed by atoms with E-state index in [0.29, 0.717) is 65.3 Å². The molecule has 1 N–H and O–H groups in total. The maximum Gasteiger partial charge on any atom is 0.255 e. The van der Waals surface area contributed by atoms with E-state index in [1.807, 2.05) is 27.0 Å². The van der Waals surface area contributed by atoms with Gasteiger partial charge in [-0.3, -0.25) is 4.79 Å². The third kappa shape index (κ3) is 4.54. The Bertz CT molecular complexity index is 1480. The Morgan fingerprint density at radius 2 is 2.11 bits per heavy atom. The number of aromatic nitrogens is 5. The van der Waals surface area contributed by atoms with Crippen LogP contribution in [0.4, 0.5) is 11.5 Å². The fourth-order valence-electron chi connectivity index (χ4n) is 3.97. The lowest BCUT2D eigenvalue weighted by Gasteiger charge is -2.33. The zero-order valence-electron chi connectivity index (χ0n) is 20.1. The minimum atomic E-state index is -0.0667. The van der Waals surface area contributed by atoms with Crippen LogP contribution in [0.1, 0.15) is 28.5 Å². The monoisotopic (exact) mass is 484 g/mol. The molecule has 0 bridgehead atoms. The summed E-state index contributed by atoms with van der Waals surface area (Å²) in [6, 6.07) is 8.92. The lowest BCUT2D eigenvalue weighted by molar-refractivity contribution is 0.00357. The Balaban J connectivity index is 1.41. The summed E-state index contributed by atoms with van der Waals surface area (Å²) in [5, 5.41) is 12.3. The van der Waals surface area contributed by atoms with Crippen LogP contribution in [0.3, 0.4) is 0 Å². The van der Waals surface area contributed by atoms with Crippen molar-refractivity contribution in [3.8, 4) is 17.7 Å². The van der Waals surface area contributed by atoms with Crippen molar-refractivity contribution in [3.05, 3.63) is 59.8 Å². The number of hydrogen-bond acceptors (Lipinski definition) is 9. The van der Waals surface area contributed by atoms with E-state index in [2.05, 4.69) is 25.3 Å². The summed E-state index contributed by atoms with van der Waals surface area (Å²) in [6.07, 6.45) is 4.73. The van der Waals surface area contributed by atoms with Gasteiger partial charge in [-0.2, -0.15) is 10.2 Å². The second-order valence-electron chi connectivity index (χ2n) is 8.56. The molecule has 0 aromatic carbocycles. The van der Waals surface area contributed by atoms with E-state index in [-0.39, 0.29) is 11.9 Å². The smallest absolute Gasteiger partial charge is 0.255 e. The number of carbonyl (C=O) groups is 1. The van der Waals surface area contributed by atoms with Crippen LogP contribution in [-0.2, 0) is 11.8 Å². The zero-order valence-corrected chi connectivity index (χ0v) is 20.1. The van der Waals surface area contributed by atoms with Crippen molar-refractivity contribution in [2.45, 2.75) is 19.9 Å². The van der Waals surface area contributed by atoms with Crippen molar-refractivity contribution in [1.82, 2.24) is 29.4 Å². The Morgan fingerprint density at radius 1 is 1.25 bits per heavy atom. The molecule has 0 spiro atoms. The molecule has 1 aliphatic rings. The van der Waals surface area contributed by atoms with E-state index in [1.54, 1.807) is 46.3 Å². The number of nitriles is 1. The standard InChI is InChI=1S/C25H24N8O3/c1-15-8-18(10-26)27-12-20(15)36-22-9-19(23-24(31-22)32(3)14-29-23)30-21-5-4-17(11-28-21)25(34)33-6-7-35-13-16(33)2/h4-5,8-9,11-12,14,16H,6-7,13H2,1-3H3,(H,28,30,31). The van der Waals surface area contributed by atoms with Crippen LogP contribution in [-0.4, -0.2) is 61.1 Å². The lowest BCUT2D eigenvalue weighted by Crippen LogP contribution is -2.47. The normalized spacial score (nSPS) is 15.5. The number of morpholine rings is 1. The number of pyridine rings is 3. The molecule has 1 saturated heterocycles. The summed E-state index contributed by atoms with van der Waals surface area (Å²) in [7, 11) is 1.84. The predicted octanol–water partition coefficient (Wildman–Crippen LogP) is 3.34. The molecule has 11 nitrogen and oxygen atoms in total. The van der Waals surface area contributed by atoms with Gasteiger partial charge < -0.3 is 24.3 Å². The average molecular weight is 485 g/mol. The van der Waals surface area contributed by atoms with Crippen LogP contribution in [0.2, 0.25) is 0 Å². The Labute approximate surface area is 207 Å². The molecule has 0 saturated carbocycles. The Morgan fingerprint density at radius 3 is 2.83 bits per heavy atom. The highest BCUT2D eigenvalue weighted by Crippen LogP contribution is 2.31. The van der Waals surface area contributed by atoms with Crippen LogP contribution in [0.15, 0.2) is 43.0 Å². The number of aryl methyl sites for hydroxylation is 2. The molecule has 1 aliphatic heterocycles. The number of rotatable bonds is 5. The SMILES string of the molecule is Cc1cc(C#N)ncc1Oc1cc(Nc2ccc(C(=O)N3CCOCC3C)cn2)c2ncn(C)c2n1. The molecule has 182 valence electrons. The first-order valence-corrected chi connectivity index (χ1v) is 11.4. The number of nitrogens with zero attached hydrogens (tertiary/aromatic N) is 7. The molecule has 0 aliphatic carbocycles. The number of anilines is 2.